The molecule has 0 radical (unpaired) electrons. The van der Waals surface area contributed by atoms with E-state index in [2.05, 4.69) is 0 Å². The van der Waals surface area contributed by atoms with E-state index in [1.54, 1.807) is 0 Å². The molecule has 0 spiro atoms. The molecule has 3 aliphatic rings. The van der Waals surface area contributed by atoms with E-state index in [4.69, 9.17) is 4.74 Å². The van der Waals surface area contributed by atoms with Gasteiger partial charge >= 0.3 is 0 Å². The third kappa shape index (κ3) is 4.73. The summed E-state index contributed by atoms with van der Waals surface area (Å²) in [5.41, 5.74) is 0. The van der Waals surface area contributed by atoms with Crippen molar-refractivity contribution in [3.8, 4) is 0 Å². The van der Waals surface area contributed by atoms with Crippen LogP contribution < -0.4 is 0 Å². The van der Waals surface area contributed by atoms with Gasteiger partial charge < -0.3 is 25.2 Å². The number of aliphatic hydroxyl groups is 4. The van der Waals surface area contributed by atoms with Crippen LogP contribution in [0.2, 0.25) is 0 Å². The summed E-state index contributed by atoms with van der Waals surface area (Å²) in [6.07, 6.45) is 5.41. The van der Waals surface area contributed by atoms with Crippen molar-refractivity contribution in [2.45, 2.75) is 69.3 Å². The Morgan fingerprint density at radius 1 is 0.960 bits per heavy atom. The van der Waals surface area contributed by atoms with E-state index in [0.717, 1.165) is 50.2 Å². The van der Waals surface area contributed by atoms with Crippen molar-refractivity contribution in [1.82, 2.24) is 4.90 Å². The fourth-order valence-corrected chi connectivity index (χ4v) is 5.15. The van der Waals surface area contributed by atoms with Crippen LogP contribution in [0.4, 0.5) is 0 Å². The second kappa shape index (κ2) is 9.11. The highest BCUT2D eigenvalue weighted by Gasteiger charge is 2.41. The van der Waals surface area contributed by atoms with E-state index < -0.39 is 24.4 Å². The first kappa shape index (κ1) is 19.5. The molecule has 1 heterocycles. The van der Waals surface area contributed by atoms with Crippen LogP contribution in [-0.4, -0.2) is 82.6 Å². The predicted molar refractivity (Wildman–Crippen MR) is 94.1 cm³/mol. The first-order valence-corrected chi connectivity index (χ1v) is 10.1. The molecule has 4 N–H and O–H groups in total. The lowest BCUT2D eigenvalue weighted by molar-refractivity contribution is -0.145. The largest absolute Gasteiger partial charge is 0.395 e. The molecule has 3 rings (SSSR count). The van der Waals surface area contributed by atoms with Gasteiger partial charge in [-0.25, -0.2) is 0 Å². The zero-order valence-corrected chi connectivity index (χ0v) is 15.2. The van der Waals surface area contributed by atoms with Crippen LogP contribution in [0.3, 0.4) is 0 Å². The van der Waals surface area contributed by atoms with E-state index in [1.165, 1.54) is 25.7 Å². The van der Waals surface area contributed by atoms with Crippen molar-refractivity contribution < 1.29 is 25.2 Å². The van der Waals surface area contributed by atoms with Gasteiger partial charge in [0.15, 0.2) is 0 Å². The van der Waals surface area contributed by atoms with Crippen molar-refractivity contribution in [3.05, 3.63) is 0 Å². The molecule has 0 aromatic carbocycles. The molecule has 6 nitrogen and oxygen atoms in total. The summed E-state index contributed by atoms with van der Waals surface area (Å²) in [4.78, 5) is 1.89. The number of likely N-dealkylation sites (tertiary alicyclic amines) is 1. The number of nitrogens with zero attached hydrogens (tertiary/aromatic N) is 1. The molecule has 2 bridgehead atoms. The van der Waals surface area contributed by atoms with Gasteiger partial charge in [0.05, 0.1) is 18.8 Å². The highest BCUT2D eigenvalue weighted by atomic mass is 16.5. The van der Waals surface area contributed by atoms with Gasteiger partial charge in [-0.3, -0.25) is 4.90 Å². The Morgan fingerprint density at radius 3 is 2.48 bits per heavy atom. The Labute approximate surface area is 150 Å². The third-order valence-corrected chi connectivity index (χ3v) is 6.67. The molecule has 1 aliphatic heterocycles. The van der Waals surface area contributed by atoms with Gasteiger partial charge in [0, 0.05) is 19.8 Å². The fraction of sp³-hybridized carbons (Fsp3) is 1.00. The molecule has 0 aromatic heterocycles. The summed E-state index contributed by atoms with van der Waals surface area (Å²) >= 11 is 0. The summed E-state index contributed by atoms with van der Waals surface area (Å²) in [5.74, 6) is 2.70. The number of fused-ring (bicyclic) bond motifs is 2. The molecule has 146 valence electrons. The van der Waals surface area contributed by atoms with Crippen molar-refractivity contribution in [3.63, 3.8) is 0 Å². The smallest absolute Gasteiger partial charge is 0.109 e. The van der Waals surface area contributed by atoms with Crippen molar-refractivity contribution in [2.75, 3.05) is 32.9 Å². The van der Waals surface area contributed by atoms with E-state index in [1.807, 2.05) is 4.90 Å². The highest BCUT2D eigenvalue weighted by Crippen LogP contribution is 2.48. The zero-order valence-electron chi connectivity index (χ0n) is 15.2. The van der Waals surface area contributed by atoms with E-state index in [-0.39, 0.29) is 6.61 Å². The van der Waals surface area contributed by atoms with Gasteiger partial charge in [0.25, 0.3) is 0 Å². The number of aliphatic hydroxyl groups excluding tert-OH is 4. The van der Waals surface area contributed by atoms with E-state index >= 15 is 0 Å². The van der Waals surface area contributed by atoms with Crippen LogP contribution in [0.1, 0.15) is 44.9 Å². The summed E-state index contributed by atoms with van der Waals surface area (Å²) < 4.78 is 5.89. The van der Waals surface area contributed by atoms with Gasteiger partial charge in [-0.05, 0) is 62.8 Å². The molecule has 25 heavy (non-hydrogen) atoms. The summed E-state index contributed by atoms with van der Waals surface area (Å²) in [5, 5.41) is 38.9. The van der Waals surface area contributed by atoms with Crippen LogP contribution in [0.25, 0.3) is 0 Å². The maximum atomic E-state index is 9.97. The topological polar surface area (TPSA) is 93.4 Å². The molecule has 0 amide bonds. The molecule has 1 saturated heterocycles. The van der Waals surface area contributed by atoms with Crippen molar-refractivity contribution in [1.29, 1.82) is 0 Å². The summed E-state index contributed by atoms with van der Waals surface area (Å²) in [6, 6.07) is -0.493. The number of β-amino-alcohol motifs (C(OH)–C–C–N with tert-alkyl or cyclic N) is 1. The molecule has 2 unspecified atom stereocenters. The molecule has 2 saturated carbocycles. The molecule has 3 fully saturated rings. The Morgan fingerprint density at radius 2 is 1.80 bits per heavy atom. The SMILES string of the molecule is OC[C@@H]1[C@@H](O)[C@H](O)[C@@H](O)CN1CCCCCOC[C@@H]1CC2CCC1C2. The first-order valence-electron chi connectivity index (χ1n) is 10.1. The molecule has 2 aliphatic carbocycles. The lowest BCUT2D eigenvalue weighted by atomic mass is 9.90. The highest BCUT2D eigenvalue weighted by molar-refractivity contribution is 4.94. The second-order valence-electron chi connectivity index (χ2n) is 8.36. The third-order valence-electron chi connectivity index (χ3n) is 6.67. The molecular formula is C19H35NO5. The monoisotopic (exact) mass is 357 g/mol. The van der Waals surface area contributed by atoms with Crippen LogP contribution in [0.5, 0.6) is 0 Å². The standard InChI is InChI=1S/C19H35NO5/c21-11-16-18(23)19(24)17(22)10-20(16)6-2-1-3-7-25-12-15-9-13-4-5-14(15)8-13/h13-19,21-24H,1-12H2/t13?,14?,15-,16+,17-,18+,19+/m0/s1. The van der Waals surface area contributed by atoms with Crippen molar-refractivity contribution >= 4 is 0 Å². The minimum absolute atomic E-state index is 0.211. The number of rotatable bonds is 9. The zero-order chi connectivity index (χ0) is 17.8. The van der Waals surface area contributed by atoms with Crippen LogP contribution in [0.15, 0.2) is 0 Å². The quantitative estimate of drug-likeness (QED) is 0.446. The van der Waals surface area contributed by atoms with Gasteiger partial charge in [-0.2, -0.15) is 0 Å². The molecular weight excluding hydrogens is 322 g/mol. The summed E-state index contributed by atoms with van der Waals surface area (Å²) in [6.45, 7) is 2.53. The lowest BCUT2D eigenvalue weighted by Crippen LogP contribution is -2.62. The fourth-order valence-electron chi connectivity index (χ4n) is 5.15. The van der Waals surface area contributed by atoms with Gasteiger partial charge in [-0.15, -0.1) is 0 Å². The number of hydrogen-bond acceptors (Lipinski definition) is 6. The van der Waals surface area contributed by atoms with Gasteiger partial charge in [-0.1, -0.05) is 6.42 Å². The van der Waals surface area contributed by atoms with E-state index in [9.17, 15) is 20.4 Å². The Kier molecular flexibility index (Phi) is 7.11. The minimum atomic E-state index is -1.17. The molecule has 7 atom stereocenters. The lowest BCUT2D eigenvalue weighted by Gasteiger charge is -2.43. The van der Waals surface area contributed by atoms with Crippen LogP contribution >= 0.6 is 0 Å². The van der Waals surface area contributed by atoms with E-state index in [0.29, 0.717) is 13.1 Å². The average Bonchev–Trinajstić information content (AvgIpc) is 3.22. The Bertz CT molecular complexity index is 409. The minimum Gasteiger partial charge on any atom is -0.395 e. The summed E-state index contributed by atoms with van der Waals surface area (Å²) in [7, 11) is 0. The second-order valence-corrected chi connectivity index (χ2v) is 8.36. The van der Waals surface area contributed by atoms with Crippen molar-refractivity contribution in [2.24, 2.45) is 17.8 Å². The average molecular weight is 357 g/mol. The number of unbranched alkanes of at least 4 members (excludes halogenated alkanes) is 2. The van der Waals surface area contributed by atoms with Gasteiger partial charge in [0.2, 0.25) is 0 Å². The number of hydrogen-bond donors (Lipinski definition) is 4. The first-order chi connectivity index (χ1) is 12.1. The number of ether oxygens (including phenoxy) is 1. The van der Waals surface area contributed by atoms with Crippen LogP contribution in [0, 0.1) is 17.8 Å². The Balaban J connectivity index is 1.25. The predicted octanol–water partition coefficient (Wildman–Crippen LogP) is 0.369. The maximum Gasteiger partial charge on any atom is 0.109 e. The van der Waals surface area contributed by atoms with Gasteiger partial charge in [0.1, 0.15) is 12.2 Å². The molecule has 6 heteroatoms. The van der Waals surface area contributed by atoms with Crippen LogP contribution in [-0.2, 0) is 4.74 Å². The maximum absolute atomic E-state index is 9.97. The number of piperidine rings is 1. The normalized spacial score (nSPS) is 41.5. The molecule has 0 aromatic rings. The Hall–Kier alpha value is -0.240.